The van der Waals surface area contributed by atoms with Crippen molar-refractivity contribution in [1.29, 1.82) is 0 Å². The summed E-state index contributed by atoms with van der Waals surface area (Å²) in [6, 6.07) is 5.94. The highest BCUT2D eigenvalue weighted by atomic mass is 16.5. The van der Waals surface area contributed by atoms with Gasteiger partial charge in [-0.15, -0.1) is 0 Å². The zero-order chi connectivity index (χ0) is 20.7. The molecule has 0 N–H and O–H groups in total. The third-order valence-electron chi connectivity index (χ3n) is 7.06. The second-order valence-electron chi connectivity index (χ2n) is 9.39. The van der Waals surface area contributed by atoms with E-state index in [1.165, 1.54) is 12.8 Å². The molecule has 0 radical (unpaired) electrons. The summed E-state index contributed by atoms with van der Waals surface area (Å²) in [6.45, 7) is 3.50. The van der Waals surface area contributed by atoms with Crippen LogP contribution in [0, 0.1) is 11.8 Å². The molecule has 0 spiro atoms. The first kappa shape index (κ1) is 19.5. The zero-order valence-corrected chi connectivity index (χ0v) is 17.6. The molecule has 3 aliphatic rings. The van der Waals surface area contributed by atoms with Gasteiger partial charge in [0, 0.05) is 61.9 Å². The number of aromatic nitrogens is 2. The van der Waals surface area contributed by atoms with Crippen molar-refractivity contribution < 1.29 is 9.32 Å². The number of piperidine rings is 1. The number of carbonyl (C=O) groups excluding carboxylic acids is 1. The third-order valence-corrected chi connectivity index (χ3v) is 7.06. The van der Waals surface area contributed by atoms with E-state index in [1.54, 1.807) is 6.26 Å². The van der Waals surface area contributed by atoms with E-state index in [1.807, 2.05) is 23.7 Å². The second-order valence-corrected chi connectivity index (χ2v) is 9.39. The Morgan fingerprint density at radius 2 is 2.00 bits per heavy atom. The molecule has 2 aromatic rings. The lowest BCUT2D eigenvalue weighted by Crippen LogP contribution is -2.50. The van der Waals surface area contributed by atoms with Crippen molar-refractivity contribution in [2.75, 3.05) is 20.1 Å². The third kappa shape index (κ3) is 3.71. The smallest absolute Gasteiger partial charge is 0.255 e. The van der Waals surface area contributed by atoms with Crippen LogP contribution in [0.25, 0.3) is 0 Å². The number of hydrogen-bond donors (Lipinski definition) is 0. The molecule has 1 saturated carbocycles. The van der Waals surface area contributed by atoms with Gasteiger partial charge in [0.1, 0.15) is 6.26 Å². The van der Waals surface area contributed by atoms with Gasteiger partial charge < -0.3 is 14.0 Å². The van der Waals surface area contributed by atoms with E-state index in [-0.39, 0.29) is 17.4 Å². The number of pyridine rings is 1. The van der Waals surface area contributed by atoms with Crippen molar-refractivity contribution in [1.82, 2.24) is 19.5 Å². The average molecular weight is 411 g/mol. The SMILES string of the molecule is CN(Cc1ccon1)Cc1ccc2n(c1=O)C[C@H]1C[C@@H]2CN(C(=O)C2CCCC2)C1. The molecular weight excluding hydrogens is 380 g/mol. The van der Waals surface area contributed by atoms with Gasteiger partial charge in [-0.3, -0.25) is 14.5 Å². The van der Waals surface area contributed by atoms with E-state index >= 15 is 0 Å². The van der Waals surface area contributed by atoms with Crippen LogP contribution in [0.4, 0.5) is 0 Å². The first-order chi connectivity index (χ1) is 14.6. The van der Waals surface area contributed by atoms with Crippen LogP contribution in [0.2, 0.25) is 0 Å². The molecule has 0 aromatic carbocycles. The Hall–Kier alpha value is -2.41. The second kappa shape index (κ2) is 8.02. The van der Waals surface area contributed by atoms with Crippen LogP contribution in [0.3, 0.4) is 0 Å². The van der Waals surface area contributed by atoms with Crippen molar-refractivity contribution >= 4 is 5.91 Å². The minimum absolute atomic E-state index is 0.116. The molecule has 5 rings (SSSR count). The number of fused-ring (bicyclic) bond motifs is 4. The zero-order valence-electron chi connectivity index (χ0n) is 17.6. The van der Waals surface area contributed by atoms with Gasteiger partial charge in [0.15, 0.2) is 0 Å². The normalized spacial score (nSPS) is 23.7. The van der Waals surface area contributed by atoms with E-state index in [2.05, 4.69) is 21.0 Å². The van der Waals surface area contributed by atoms with Gasteiger partial charge in [-0.05, 0) is 38.3 Å². The molecule has 160 valence electrons. The van der Waals surface area contributed by atoms with Crippen LogP contribution in [0.1, 0.15) is 55.0 Å². The van der Waals surface area contributed by atoms with Crippen molar-refractivity contribution in [3.8, 4) is 0 Å². The lowest BCUT2D eigenvalue weighted by atomic mass is 9.82. The molecule has 4 heterocycles. The molecule has 1 aliphatic carbocycles. The summed E-state index contributed by atoms with van der Waals surface area (Å²) < 4.78 is 6.88. The number of carbonyl (C=O) groups is 1. The molecule has 0 unspecified atom stereocenters. The fraction of sp³-hybridized carbons (Fsp3) is 0.609. The number of nitrogens with zero attached hydrogens (tertiary/aromatic N) is 4. The molecule has 1 amide bonds. The summed E-state index contributed by atoms with van der Waals surface area (Å²) >= 11 is 0. The predicted octanol–water partition coefficient (Wildman–Crippen LogP) is 2.60. The molecule has 30 heavy (non-hydrogen) atoms. The summed E-state index contributed by atoms with van der Waals surface area (Å²) in [7, 11) is 1.99. The van der Waals surface area contributed by atoms with Crippen LogP contribution >= 0.6 is 0 Å². The predicted molar refractivity (Wildman–Crippen MR) is 112 cm³/mol. The Kier molecular flexibility index (Phi) is 5.23. The molecule has 2 aromatic heterocycles. The fourth-order valence-electron chi connectivity index (χ4n) is 5.66. The molecule has 2 fully saturated rings. The number of likely N-dealkylation sites (tertiary alicyclic amines) is 1. The quantitative estimate of drug-likeness (QED) is 0.758. The van der Waals surface area contributed by atoms with E-state index < -0.39 is 0 Å². The highest BCUT2D eigenvalue weighted by molar-refractivity contribution is 5.79. The Morgan fingerprint density at radius 3 is 2.77 bits per heavy atom. The van der Waals surface area contributed by atoms with Crippen molar-refractivity contribution in [2.24, 2.45) is 11.8 Å². The van der Waals surface area contributed by atoms with Gasteiger partial charge >= 0.3 is 0 Å². The summed E-state index contributed by atoms with van der Waals surface area (Å²) in [5.74, 6) is 1.23. The standard InChI is InChI=1S/C23H30N4O3/c1-25(15-20-8-9-30-24-20)13-18-6-7-21-19-10-16(12-27(21)23(18)29)11-26(14-19)22(28)17-4-2-3-5-17/h6-9,16-17,19H,2-5,10-15H2,1H3/t16-,19+/m0/s1. The van der Waals surface area contributed by atoms with Gasteiger partial charge in [-0.2, -0.15) is 0 Å². The maximum atomic E-state index is 13.2. The van der Waals surface area contributed by atoms with Crippen LogP contribution in [-0.4, -0.2) is 45.6 Å². The van der Waals surface area contributed by atoms with Crippen molar-refractivity contribution in [2.45, 2.75) is 57.7 Å². The average Bonchev–Trinajstić information content (AvgIpc) is 3.44. The Bertz CT molecular complexity index is 961. The largest absolute Gasteiger partial charge is 0.364 e. The number of hydrogen-bond acceptors (Lipinski definition) is 5. The summed E-state index contributed by atoms with van der Waals surface area (Å²) in [4.78, 5) is 30.4. The Balaban J connectivity index is 1.32. The Morgan fingerprint density at radius 1 is 1.17 bits per heavy atom. The van der Waals surface area contributed by atoms with Gasteiger partial charge in [0.2, 0.25) is 5.91 Å². The molecule has 7 nitrogen and oxygen atoms in total. The Labute approximate surface area is 176 Å². The van der Waals surface area contributed by atoms with Gasteiger partial charge in [0.05, 0.1) is 5.69 Å². The van der Waals surface area contributed by atoms with Gasteiger partial charge in [-0.25, -0.2) is 0 Å². The summed E-state index contributed by atoms with van der Waals surface area (Å²) in [5.41, 5.74) is 2.88. The summed E-state index contributed by atoms with van der Waals surface area (Å²) in [6.07, 6.45) is 7.11. The van der Waals surface area contributed by atoms with Crippen molar-refractivity contribution in [3.63, 3.8) is 0 Å². The lowest BCUT2D eigenvalue weighted by molar-refractivity contribution is -0.138. The molecule has 2 bridgehead atoms. The number of amides is 1. The highest BCUT2D eigenvalue weighted by Gasteiger charge is 2.38. The first-order valence-electron chi connectivity index (χ1n) is 11.2. The van der Waals surface area contributed by atoms with E-state index in [0.29, 0.717) is 24.9 Å². The van der Waals surface area contributed by atoms with Crippen LogP contribution in [-0.2, 0) is 24.4 Å². The summed E-state index contributed by atoms with van der Waals surface area (Å²) in [5, 5.41) is 3.95. The maximum Gasteiger partial charge on any atom is 0.255 e. The minimum Gasteiger partial charge on any atom is -0.364 e. The fourth-order valence-corrected chi connectivity index (χ4v) is 5.66. The minimum atomic E-state index is 0.116. The van der Waals surface area contributed by atoms with Crippen LogP contribution < -0.4 is 5.56 Å². The monoisotopic (exact) mass is 410 g/mol. The van der Waals surface area contributed by atoms with Gasteiger partial charge in [-0.1, -0.05) is 24.1 Å². The topological polar surface area (TPSA) is 71.6 Å². The molecule has 2 atom stereocenters. The molecule has 1 saturated heterocycles. The van der Waals surface area contributed by atoms with Crippen molar-refractivity contribution in [3.05, 3.63) is 51.8 Å². The first-order valence-corrected chi connectivity index (χ1v) is 11.2. The van der Waals surface area contributed by atoms with Gasteiger partial charge in [0.25, 0.3) is 5.56 Å². The molecular formula is C23H30N4O3. The lowest BCUT2D eigenvalue weighted by Gasteiger charge is -2.43. The molecule has 2 aliphatic heterocycles. The van der Waals surface area contributed by atoms with Crippen LogP contribution in [0.15, 0.2) is 33.8 Å². The van der Waals surface area contributed by atoms with E-state index in [9.17, 15) is 9.59 Å². The van der Waals surface area contributed by atoms with Crippen LogP contribution in [0.5, 0.6) is 0 Å². The highest BCUT2D eigenvalue weighted by Crippen LogP contribution is 2.37. The van der Waals surface area contributed by atoms with E-state index in [4.69, 9.17) is 4.52 Å². The number of rotatable bonds is 5. The molecule has 7 heteroatoms. The van der Waals surface area contributed by atoms with E-state index in [0.717, 1.165) is 55.8 Å². The maximum absolute atomic E-state index is 13.2.